The first kappa shape index (κ1) is 14.3. The van der Waals surface area contributed by atoms with Crippen molar-refractivity contribution in [3.05, 3.63) is 16.1 Å². The zero-order chi connectivity index (χ0) is 14.0. The molecule has 0 radical (unpaired) electrons. The molecule has 19 heavy (non-hydrogen) atoms. The molecule has 1 aromatic heterocycles. The largest absolute Gasteiger partial charge is 0.348 e. The minimum atomic E-state index is -2.78. The van der Waals surface area contributed by atoms with Crippen molar-refractivity contribution in [2.45, 2.75) is 44.7 Å². The van der Waals surface area contributed by atoms with Gasteiger partial charge in [-0.3, -0.25) is 10.1 Å². The lowest BCUT2D eigenvalue weighted by Gasteiger charge is -2.10. The molecular formula is C12H17F2N3OS. The topological polar surface area (TPSA) is 54.0 Å². The number of thiazole rings is 1. The first-order chi connectivity index (χ1) is 8.87. The van der Waals surface area contributed by atoms with E-state index in [4.69, 9.17) is 0 Å². The maximum Gasteiger partial charge on any atom is 0.262 e. The molecule has 4 nitrogen and oxygen atoms in total. The van der Waals surface area contributed by atoms with E-state index >= 15 is 0 Å². The molecule has 2 rings (SSSR count). The number of aromatic nitrogens is 1. The Bertz CT molecular complexity index is 462. The van der Waals surface area contributed by atoms with Crippen molar-refractivity contribution in [3.63, 3.8) is 0 Å². The molecule has 0 saturated carbocycles. The van der Waals surface area contributed by atoms with E-state index in [2.05, 4.69) is 15.6 Å². The Morgan fingerprint density at radius 2 is 2.42 bits per heavy atom. The standard InChI is InChI=1S/C12H17F2N3OS/c1-7(2)9-5-19-10(17-9)4-15-11(18)8-3-12(13,14)6-16-8/h5,7-8,16H,3-4,6H2,1-2H3,(H,15,18). The zero-order valence-corrected chi connectivity index (χ0v) is 11.7. The van der Waals surface area contributed by atoms with E-state index in [0.29, 0.717) is 12.5 Å². The van der Waals surface area contributed by atoms with Crippen molar-refractivity contribution in [3.8, 4) is 0 Å². The van der Waals surface area contributed by atoms with Gasteiger partial charge in [0, 0.05) is 11.8 Å². The van der Waals surface area contributed by atoms with Crippen LogP contribution in [0.5, 0.6) is 0 Å². The van der Waals surface area contributed by atoms with E-state index in [1.807, 2.05) is 19.2 Å². The molecule has 0 spiro atoms. The van der Waals surface area contributed by atoms with Crippen molar-refractivity contribution < 1.29 is 13.6 Å². The number of rotatable bonds is 4. The highest BCUT2D eigenvalue weighted by Crippen LogP contribution is 2.25. The first-order valence-electron chi connectivity index (χ1n) is 6.20. The molecule has 1 saturated heterocycles. The summed E-state index contributed by atoms with van der Waals surface area (Å²) in [5.74, 6) is -2.83. The van der Waals surface area contributed by atoms with E-state index in [1.165, 1.54) is 11.3 Å². The van der Waals surface area contributed by atoms with Gasteiger partial charge in [-0.15, -0.1) is 11.3 Å². The fourth-order valence-corrected chi connectivity index (χ4v) is 2.75. The summed E-state index contributed by atoms with van der Waals surface area (Å²) in [6, 6.07) is -0.806. The highest BCUT2D eigenvalue weighted by atomic mass is 32.1. The van der Waals surface area contributed by atoms with E-state index in [9.17, 15) is 13.6 Å². The summed E-state index contributed by atoms with van der Waals surface area (Å²) >= 11 is 1.47. The van der Waals surface area contributed by atoms with Gasteiger partial charge in [0.15, 0.2) is 0 Å². The van der Waals surface area contributed by atoms with Crippen LogP contribution in [0.4, 0.5) is 8.78 Å². The van der Waals surface area contributed by atoms with Crippen LogP contribution in [0.1, 0.15) is 36.9 Å². The molecular weight excluding hydrogens is 272 g/mol. The van der Waals surface area contributed by atoms with Crippen LogP contribution in [0.3, 0.4) is 0 Å². The maximum atomic E-state index is 13.0. The van der Waals surface area contributed by atoms with Gasteiger partial charge in [0.1, 0.15) is 5.01 Å². The summed E-state index contributed by atoms with van der Waals surface area (Å²) in [5, 5.41) is 7.92. The van der Waals surface area contributed by atoms with Gasteiger partial charge in [0.25, 0.3) is 5.92 Å². The molecule has 1 fully saturated rings. The number of carbonyl (C=O) groups is 1. The average molecular weight is 289 g/mol. The number of hydrogen-bond acceptors (Lipinski definition) is 4. The molecule has 1 atom stereocenters. The van der Waals surface area contributed by atoms with Crippen molar-refractivity contribution in [1.29, 1.82) is 0 Å². The summed E-state index contributed by atoms with van der Waals surface area (Å²) in [6.45, 7) is 3.95. The second-order valence-corrected chi connectivity index (χ2v) is 5.97. The van der Waals surface area contributed by atoms with Crippen LogP contribution in [0.25, 0.3) is 0 Å². The Morgan fingerprint density at radius 1 is 1.68 bits per heavy atom. The predicted octanol–water partition coefficient (Wildman–Crippen LogP) is 1.88. The Hall–Kier alpha value is -1.08. The van der Waals surface area contributed by atoms with Crippen molar-refractivity contribution in [1.82, 2.24) is 15.6 Å². The third-order valence-electron chi connectivity index (χ3n) is 3.00. The molecule has 2 N–H and O–H groups in total. The Balaban J connectivity index is 1.83. The fraction of sp³-hybridized carbons (Fsp3) is 0.667. The van der Waals surface area contributed by atoms with Crippen LogP contribution >= 0.6 is 11.3 Å². The number of hydrogen-bond donors (Lipinski definition) is 2. The van der Waals surface area contributed by atoms with E-state index in [-0.39, 0.29) is 0 Å². The summed E-state index contributed by atoms with van der Waals surface area (Å²) in [6.07, 6.45) is -0.437. The molecule has 106 valence electrons. The highest BCUT2D eigenvalue weighted by Gasteiger charge is 2.42. The Kier molecular flexibility index (Phi) is 4.15. The lowest BCUT2D eigenvalue weighted by molar-refractivity contribution is -0.123. The van der Waals surface area contributed by atoms with Gasteiger partial charge < -0.3 is 5.32 Å². The van der Waals surface area contributed by atoms with Gasteiger partial charge in [0.2, 0.25) is 5.91 Å². The number of carbonyl (C=O) groups excluding carboxylic acids is 1. The number of nitrogens with zero attached hydrogens (tertiary/aromatic N) is 1. The molecule has 1 amide bonds. The molecule has 7 heteroatoms. The highest BCUT2D eigenvalue weighted by molar-refractivity contribution is 7.09. The van der Waals surface area contributed by atoms with Crippen LogP contribution < -0.4 is 10.6 Å². The van der Waals surface area contributed by atoms with Crippen LogP contribution in [0, 0.1) is 0 Å². The minimum absolute atomic E-state index is 0.292. The molecule has 1 aliphatic heterocycles. The van der Waals surface area contributed by atoms with Crippen molar-refractivity contribution in [2.24, 2.45) is 0 Å². The second-order valence-electron chi connectivity index (χ2n) is 5.03. The number of alkyl halides is 2. The molecule has 0 aromatic carbocycles. The lowest BCUT2D eigenvalue weighted by atomic mass is 10.2. The van der Waals surface area contributed by atoms with E-state index in [0.717, 1.165) is 10.7 Å². The zero-order valence-electron chi connectivity index (χ0n) is 10.9. The smallest absolute Gasteiger partial charge is 0.262 e. The van der Waals surface area contributed by atoms with Crippen LogP contribution in [-0.4, -0.2) is 29.4 Å². The maximum absolute atomic E-state index is 13.0. The van der Waals surface area contributed by atoms with Gasteiger partial charge in [-0.05, 0) is 5.92 Å². The number of amides is 1. The van der Waals surface area contributed by atoms with Gasteiger partial charge in [0.05, 0.1) is 24.8 Å². The first-order valence-corrected chi connectivity index (χ1v) is 7.08. The van der Waals surface area contributed by atoms with E-state index in [1.54, 1.807) is 0 Å². The minimum Gasteiger partial charge on any atom is -0.348 e. The molecule has 0 bridgehead atoms. The van der Waals surface area contributed by atoms with E-state index < -0.39 is 30.8 Å². The quantitative estimate of drug-likeness (QED) is 0.890. The SMILES string of the molecule is CC(C)c1csc(CNC(=O)C2CC(F)(F)CN2)n1. The molecule has 1 unspecified atom stereocenters. The number of halogens is 2. The van der Waals surface area contributed by atoms with Gasteiger partial charge >= 0.3 is 0 Å². The Labute approximate surface area is 114 Å². The molecule has 0 aliphatic carbocycles. The third kappa shape index (κ3) is 3.70. The fourth-order valence-electron chi connectivity index (χ4n) is 1.86. The Morgan fingerprint density at radius 3 is 2.95 bits per heavy atom. The summed E-state index contributed by atoms with van der Waals surface area (Å²) in [5.41, 5.74) is 0.986. The number of nitrogens with one attached hydrogen (secondary N) is 2. The van der Waals surface area contributed by atoms with Crippen molar-refractivity contribution in [2.75, 3.05) is 6.54 Å². The molecule has 1 aromatic rings. The molecule has 2 heterocycles. The summed E-state index contributed by atoms with van der Waals surface area (Å²) in [7, 11) is 0. The normalized spacial score (nSPS) is 21.8. The van der Waals surface area contributed by atoms with Crippen LogP contribution in [0.2, 0.25) is 0 Å². The third-order valence-corrected chi connectivity index (χ3v) is 3.87. The molecule has 1 aliphatic rings. The lowest BCUT2D eigenvalue weighted by Crippen LogP contribution is -2.40. The monoisotopic (exact) mass is 289 g/mol. The summed E-state index contributed by atoms with van der Waals surface area (Å²) < 4.78 is 25.9. The predicted molar refractivity (Wildman–Crippen MR) is 69.4 cm³/mol. The van der Waals surface area contributed by atoms with Crippen LogP contribution in [-0.2, 0) is 11.3 Å². The van der Waals surface area contributed by atoms with Crippen LogP contribution in [0.15, 0.2) is 5.38 Å². The van der Waals surface area contributed by atoms with Gasteiger partial charge in [-0.1, -0.05) is 13.8 Å². The second kappa shape index (κ2) is 5.50. The van der Waals surface area contributed by atoms with Gasteiger partial charge in [-0.25, -0.2) is 13.8 Å². The van der Waals surface area contributed by atoms with Gasteiger partial charge in [-0.2, -0.15) is 0 Å². The average Bonchev–Trinajstić information content (AvgIpc) is 2.92. The summed E-state index contributed by atoms with van der Waals surface area (Å²) in [4.78, 5) is 16.1. The van der Waals surface area contributed by atoms with Crippen molar-refractivity contribution >= 4 is 17.2 Å².